The molecule has 1 fully saturated rings. The summed E-state index contributed by atoms with van der Waals surface area (Å²) in [5.74, 6) is -1.59. The summed E-state index contributed by atoms with van der Waals surface area (Å²) in [5, 5.41) is 12.4. The summed E-state index contributed by atoms with van der Waals surface area (Å²) in [5.41, 5.74) is 0. The molecule has 2 bridgehead atoms. The molecule has 29 heavy (non-hydrogen) atoms. The first-order valence-corrected chi connectivity index (χ1v) is 12.3. The smallest absolute Gasteiger partial charge is 0.307 e. The van der Waals surface area contributed by atoms with Gasteiger partial charge in [0.25, 0.3) is 0 Å². The largest absolute Gasteiger partial charge is 0.481 e. The Morgan fingerprint density at radius 3 is 1.69 bits per heavy atom. The monoisotopic (exact) mass is 405 g/mol. The second-order valence-electron chi connectivity index (χ2n) is 9.23. The fourth-order valence-corrected chi connectivity index (χ4v) is 5.17. The van der Waals surface area contributed by atoms with Crippen LogP contribution in [0.25, 0.3) is 0 Å². The van der Waals surface area contributed by atoms with Gasteiger partial charge in [-0.3, -0.25) is 9.59 Å². The maximum atomic E-state index is 12.5. The minimum Gasteiger partial charge on any atom is -0.481 e. The van der Waals surface area contributed by atoms with Crippen molar-refractivity contribution >= 4 is 11.9 Å². The second-order valence-corrected chi connectivity index (χ2v) is 9.23. The van der Waals surface area contributed by atoms with Crippen molar-refractivity contribution in [2.45, 2.75) is 103 Å². The Morgan fingerprint density at radius 1 is 0.759 bits per heavy atom. The highest BCUT2D eigenvalue weighted by molar-refractivity contribution is 5.86. The molecule has 2 aliphatic rings. The molecule has 4 atom stereocenters. The van der Waals surface area contributed by atoms with Crippen LogP contribution in [0.5, 0.6) is 0 Å². The zero-order chi connectivity index (χ0) is 20.9. The number of allylic oxidation sites excluding steroid dienone is 2. The third-order valence-electron chi connectivity index (χ3n) is 6.88. The van der Waals surface area contributed by atoms with Crippen molar-refractivity contribution < 1.29 is 14.7 Å². The SMILES string of the molecule is CCCCCCCCCCCCCCCCNC(=O)[C@H]1[C@@H](C(=O)O)[C@H]2C=C[C@@H]1C2. The number of hydrogen-bond acceptors (Lipinski definition) is 2. The molecule has 0 aromatic carbocycles. The molecule has 2 aliphatic carbocycles. The van der Waals surface area contributed by atoms with Crippen molar-refractivity contribution in [1.82, 2.24) is 5.32 Å². The molecule has 166 valence electrons. The number of carboxylic acids is 1. The van der Waals surface area contributed by atoms with Gasteiger partial charge in [0.1, 0.15) is 0 Å². The molecule has 0 heterocycles. The minimum absolute atomic E-state index is 0.0503. The van der Waals surface area contributed by atoms with E-state index in [2.05, 4.69) is 12.2 Å². The Balaban J connectivity index is 1.40. The average Bonchev–Trinajstić information content (AvgIpc) is 3.32. The van der Waals surface area contributed by atoms with Gasteiger partial charge in [-0.05, 0) is 24.7 Å². The number of amides is 1. The van der Waals surface area contributed by atoms with Crippen LogP contribution in [0, 0.1) is 23.7 Å². The number of unbranched alkanes of at least 4 members (excludes halogenated alkanes) is 13. The molecule has 0 saturated heterocycles. The topological polar surface area (TPSA) is 66.4 Å². The van der Waals surface area contributed by atoms with Crippen LogP contribution in [0.3, 0.4) is 0 Å². The fraction of sp³-hybridized carbons (Fsp3) is 0.840. The van der Waals surface area contributed by atoms with E-state index in [-0.39, 0.29) is 23.7 Å². The molecular weight excluding hydrogens is 362 g/mol. The number of aliphatic carboxylic acids is 1. The summed E-state index contributed by atoms with van der Waals surface area (Å²) < 4.78 is 0. The van der Waals surface area contributed by atoms with Gasteiger partial charge in [-0.25, -0.2) is 0 Å². The molecule has 1 amide bonds. The molecule has 0 aliphatic heterocycles. The van der Waals surface area contributed by atoms with Crippen molar-refractivity contribution in [2.75, 3.05) is 6.54 Å². The molecule has 0 unspecified atom stereocenters. The lowest BCUT2D eigenvalue weighted by atomic mass is 9.82. The van der Waals surface area contributed by atoms with Crippen LogP contribution >= 0.6 is 0 Å². The first-order chi connectivity index (χ1) is 14.1. The van der Waals surface area contributed by atoms with Crippen LogP contribution < -0.4 is 5.32 Å². The highest BCUT2D eigenvalue weighted by Crippen LogP contribution is 2.48. The van der Waals surface area contributed by atoms with E-state index in [1.807, 2.05) is 12.2 Å². The first kappa shape index (κ1) is 24.0. The van der Waals surface area contributed by atoms with Gasteiger partial charge < -0.3 is 10.4 Å². The molecular formula is C25H43NO3. The van der Waals surface area contributed by atoms with Crippen molar-refractivity contribution in [1.29, 1.82) is 0 Å². The Hall–Kier alpha value is -1.32. The van der Waals surface area contributed by atoms with Gasteiger partial charge in [0, 0.05) is 6.54 Å². The zero-order valence-corrected chi connectivity index (χ0v) is 18.5. The maximum absolute atomic E-state index is 12.5. The Morgan fingerprint density at radius 2 is 1.21 bits per heavy atom. The lowest BCUT2D eigenvalue weighted by Gasteiger charge is -2.23. The van der Waals surface area contributed by atoms with Gasteiger partial charge in [0.05, 0.1) is 11.8 Å². The lowest BCUT2D eigenvalue weighted by Crippen LogP contribution is -2.40. The van der Waals surface area contributed by atoms with Crippen LogP contribution in [0.2, 0.25) is 0 Å². The van der Waals surface area contributed by atoms with Crippen LogP contribution in [-0.2, 0) is 9.59 Å². The lowest BCUT2D eigenvalue weighted by molar-refractivity contribution is -0.147. The highest BCUT2D eigenvalue weighted by atomic mass is 16.4. The second kappa shape index (κ2) is 13.8. The molecule has 4 heteroatoms. The average molecular weight is 406 g/mol. The molecule has 0 aromatic heterocycles. The van der Waals surface area contributed by atoms with Gasteiger partial charge in [-0.1, -0.05) is 103 Å². The summed E-state index contributed by atoms with van der Waals surface area (Å²) >= 11 is 0. The number of carbonyl (C=O) groups is 2. The summed E-state index contributed by atoms with van der Waals surface area (Å²) in [6.07, 6.45) is 23.4. The molecule has 2 rings (SSSR count). The van der Waals surface area contributed by atoms with E-state index in [0.717, 1.165) is 19.3 Å². The van der Waals surface area contributed by atoms with Gasteiger partial charge in [-0.2, -0.15) is 0 Å². The number of carbonyl (C=O) groups excluding carboxylic acids is 1. The minimum atomic E-state index is -0.821. The van der Waals surface area contributed by atoms with Crippen molar-refractivity contribution in [3.8, 4) is 0 Å². The van der Waals surface area contributed by atoms with Crippen LogP contribution in [-0.4, -0.2) is 23.5 Å². The number of fused-ring (bicyclic) bond motifs is 2. The number of nitrogens with one attached hydrogen (secondary N) is 1. The third kappa shape index (κ3) is 8.14. The number of carboxylic acid groups (broad SMARTS) is 1. The highest BCUT2D eigenvalue weighted by Gasteiger charge is 2.51. The summed E-state index contributed by atoms with van der Waals surface area (Å²) in [6, 6.07) is 0. The van der Waals surface area contributed by atoms with E-state index >= 15 is 0 Å². The van der Waals surface area contributed by atoms with Gasteiger partial charge in [-0.15, -0.1) is 0 Å². The molecule has 0 aromatic rings. The maximum Gasteiger partial charge on any atom is 0.307 e. The van der Waals surface area contributed by atoms with Gasteiger partial charge >= 0.3 is 5.97 Å². The molecule has 2 N–H and O–H groups in total. The van der Waals surface area contributed by atoms with E-state index in [0.29, 0.717) is 6.54 Å². The van der Waals surface area contributed by atoms with Crippen molar-refractivity contribution in [3.05, 3.63) is 12.2 Å². The standard InChI is InChI=1S/C25H43NO3/c1-2-3-4-5-6-7-8-9-10-11-12-13-14-15-18-26-24(27)22-20-16-17-21(19-20)23(22)25(28)29/h16-17,20-23H,2-15,18-19H2,1H3,(H,26,27)(H,28,29)/t20-,21+,22-,23+/m1/s1. The van der Waals surface area contributed by atoms with E-state index in [9.17, 15) is 14.7 Å². The Labute approximate surface area is 177 Å². The summed E-state index contributed by atoms with van der Waals surface area (Å²) in [7, 11) is 0. The predicted octanol–water partition coefficient (Wildman–Crippen LogP) is 6.11. The van der Waals surface area contributed by atoms with E-state index in [1.165, 1.54) is 77.0 Å². The van der Waals surface area contributed by atoms with Crippen LogP contribution in [0.1, 0.15) is 103 Å². The van der Waals surface area contributed by atoms with Crippen LogP contribution in [0.4, 0.5) is 0 Å². The van der Waals surface area contributed by atoms with Crippen molar-refractivity contribution in [2.24, 2.45) is 23.7 Å². The Kier molecular flexibility index (Phi) is 11.4. The molecule has 1 saturated carbocycles. The molecule has 0 radical (unpaired) electrons. The van der Waals surface area contributed by atoms with Crippen LogP contribution in [0.15, 0.2) is 12.2 Å². The predicted molar refractivity (Wildman–Crippen MR) is 119 cm³/mol. The van der Waals surface area contributed by atoms with Gasteiger partial charge in [0.15, 0.2) is 0 Å². The molecule has 0 spiro atoms. The third-order valence-corrected chi connectivity index (χ3v) is 6.88. The van der Waals surface area contributed by atoms with E-state index in [1.54, 1.807) is 0 Å². The van der Waals surface area contributed by atoms with E-state index in [4.69, 9.17) is 0 Å². The quantitative estimate of drug-likeness (QED) is 0.227. The fourth-order valence-electron chi connectivity index (χ4n) is 5.17. The first-order valence-electron chi connectivity index (χ1n) is 12.3. The normalized spacial score (nSPS) is 24.9. The zero-order valence-electron chi connectivity index (χ0n) is 18.5. The van der Waals surface area contributed by atoms with Crippen molar-refractivity contribution in [3.63, 3.8) is 0 Å². The number of rotatable bonds is 17. The number of hydrogen-bond donors (Lipinski definition) is 2. The summed E-state index contributed by atoms with van der Waals surface area (Å²) in [6.45, 7) is 2.95. The van der Waals surface area contributed by atoms with Gasteiger partial charge in [0.2, 0.25) is 5.91 Å². The summed E-state index contributed by atoms with van der Waals surface area (Å²) in [4.78, 5) is 24.0. The molecule has 4 nitrogen and oxygen atoms in total. The van der Waals surface area contributed by atoms with E-state index < -0.39 is 11.9 Å². The Bertz CT molecular complexity index is 516.